The zero-order chi connectivity index (χ0) is 24.9. The molecule has 0 aromatic rings. The molecule has 0 heterocycles. The van der Waals surface area contributed by atoms with Crippen molar-refractivity contribution in [2.45, 2.75) is 149 Å². The number of ether oxygens (including phenoxy) is 2. The number of unbranched alkanes of at least 4 members (excludes halogenated alkanes) is 15. The van der Waals surface area contributed by atoms with Crippen molar-refractivity contribution in [3.63, 3.8) is 0 Å². The highest BCUT2D eigenvalue weighted by Gasteiger charge is 2.33. The Balaban J connectivity index is 1.91. The third-order valence-electron chi connectivity index (χ3n) is 7.14. The Morgan fingerprint density at radius 1 is 0.647 bits per heavy atom. The van der Waals surface area contributed by atoms with Gasteiger partial charge in [-0.3, -0.25) is 9.59 Å². The summed E-state index contributed by atoms with van der Waals surface area (Å²) in [5.74, 6) is -0.175. The van der Waals surface area contributed by atoms with Gasteiger partial charge in [0.2, 0.25) is 0 Å². The van der Waals surface area contributed by atoms with E-state index in [-0.39, 0.29) is 23.8 Å². The highest BCUT2D eigenvalue weighted by Crippen LogP contribution is 2.31. The highest BCUT2D eigenvalue weighted by atomic mass is 16.5. The molecule has 0 aromatic carbocycles. The summed E-state index contributed by atoms with van der Waals surface area (Å²) in [6.07, 6.45) is 24.6. The Labute approximate surface area is 211 Å². The number of carbonyl (C=O) groups excluding carboxylic acids is 2. The lowest BCUT2D eigenvalue weighted by atomic mass is 9.81. The van der Waals surface area contributed by atoms with Crippen molar-refractivity contribution in [1.82, 2.24) is 0 Å². The largest absolute Gasteiger partial charge is 0.465 e. The molecule has 2 unspecified atom stereocenters. The van der Waals surface area contributed by atoms with E-state index in [1.165, 1.54) is 89.9 Å². The molecule has 0 bridgehead atoms. The van der Waals surface area contributed by atoms with Crippen LogP contribution in [0.25, 0.3) is 0 Å². The zero-order valence-corrected chi connectivity index (χ0v) is 22.9. The van der Waals surface area contributed by atoms with Crippen LogP contribution in [0.5, 0.6) is 0 Å². The summed E-state index contributed by atoms with van der Waals surface area (Å²) in [5, 5.41) is 0. The number of hydrogen-bond donors (Lipinski definition) is 0. The second-order valence-corrected chi connectivity index (χ2v) is 11.1. The van der Waals surface area contributed by atoms with Gasteiger partial charge in [-0.2, -0.15) is 0 Å². The lowest BCUT2D eigenvalue weighted by molar-refractivity contribution is -0.155. The molecule has 34 heavy (non-hydrogen) atoms. The molecular formula is C30H56O4. The quantitative estimate of drug-likeness (QED) is 0.122. The van der Waals surface area contributed by atoms with E-state index in [0.717, 1.165) is 32.1 Å². The van der Waals surface area contributed by atoms with Gasteiger partial charge in [0.15, 0.2) is 0 Å². The molecule has 1 aliphatic carbocycles. The monoisotopic (exact) mass is 480 g/mol. The molecular weight excluding hydrogens is 424 g/mol. The van der Waals surface area contributed by atoms with Crippen molar-refractivity contribution < 1.29 is 19.1 Å². The van der Waals surface area contributed by atoms with Crippen LogP contribution in [0, 0.1) is 17.8 Å². The van der Waals surface area contributed by atoms with Crippen molar-refractivity contribution in [2.75, 3.05) is 13.2 Å². The molecule has 0 aromatic heterocycles. The fraction of sp³-hybridized carbons (Fsp3) is 0.933. The maximum Gasteiger partial charge on any atom is 0.308 e. The van der Waals surface area contributed by atoms with Crippen LogP contribution in [-0.4, -0.2) is 25.2 Å². The summed E-state index contributed by atoms with van der Waals surface area (Å²) < 4.78 is 10.9. The molecule has 1 aliphatic rings. The minimum Gasteiger partial charge on any atom is -0.465 e. The Bertz CT molecular complexity index is 502. The van der Waals surface area contributed by atoms with E-state index in [2.05, 4.69) is 6.92 Å². The smallest absolute Gasteiger partial charge is 0.308 e. The van der Waals surface area contributed by atoms with Crippen LogP contribution < -0.4 is 0 Å². The number of hydrogen-bond acceptors (Lipinski definition) is 4. The standard InChI is InChI=1S/C30H56O4/c1-4-5-6-7-8-9-10-11-12-13-14-15-16-17-18-19-23-33-29(31)27-21-20-22-28(24-27)30(32)34-25-26(2)3/h26-28H,4-25H2,1-3H3. The Kier molecular flexibility index (Phi) is 19.3. The van der Waals surface area contributed by atoms with Crippen LogP contribution in [0.1, 0.15) is 149 Å². The first-order valence-corrected chi connectivity index (χ1v) is 14.9. The van der Waals surface area contributed by atoms with Crippen LogP contribution in [0.4, 0.5) is 0 Å². The van der Waals surface area contributed by atoms with E-state index in [0.29, 0.717) is 25.6 Å². The minimum atomic E-state index is -0.138. The average Bonchev–Trinajstić information content (AvgIpc) is 2.84. The molecule has 0 N–H and O–H groups in total. The van der Waals surface area contributed by atoms with E-state index in [4.69, 9.17) is 9.47 Å². The van der Waals surface area contributed by atoms with Gasteiger partial charge in [-0.1, -0.05) is 124 Å². The molecule has 0 radical (unpaired) electrons. The summed E-state index contributed by atoms with van der Waals surface area (Å²) in [6.45, 7) is 7.33. The van der Waals surface area contributed by atoms with E-state index < -0.39 is 0 Å². The number of rotatable bonds is 21. The Morgan fingerprint density at radius 2 is 1.06 bits per heavy atom. The second kappa shape index (κ2) is 21.2. The normalized spacial score (nSPS) is 18.2. The maximum absolute atomic E-state index is 12.4. The number of esters is 2. The predicted octanol–water partition coefficient (Wildman–Crippen LogP) is 8.80. The fourth-order valence-electron chi connectivity index (χ4n) is 4.93. The van der Waals surface area contributed by atoms with Crippen molar-refractivity contribution in [3.8, 4) is 0 Å². The average molecular weight is 481 g/mol. The van der Waals surface area contributed by atoms with E-state index in [9.17, 15) is 9.59 Å². The molecule has 4 heteroatoms. The van der Waals surface area contributed by atoms with Gasteiger partial charge in [0.25, 0.3) is 0 Å². The highest BCUT2D eigenvalue weighted by molar-refractivity contribution is 5.76. The molecule has 1 rings (SSSR count). The van der Waals surface area contributed by atoms with Gasteiger partial charge in [0.05, 0.1) is 25.0 Å². The fourth-order valence-corrected chi connectivity index (χ4v) is 4.93. The Morgan fingerprint density at radius 3 is 1.50 bits per heavy atom. The van der Waals surface area contributed by atoms with Gasteiger partial charge in [-0.05, 0) is 31.6 Å². The molecule has 1 saturated carbocycles. The van der Waals surface area contributed by atoms with Crippen molar-refractivity contribution in [3.05, 3.63) is 0 Å². The van der Waals surface area contributed by atoms with Crippen molar-refractivity contribution in [1.29, 1.82) is 0 Å². The van der Waals surface area contributed by atoms with Gasteiger partial charge in [-0.15, -0.1) is 0 Å². The molecule has 1 fully saturated rings. The molecule has 0 spiro atoms. The molecule has 200 valence electrons. The molecule has 0 amide bonds. The summed E-state index contributed by atoms with van der Waals surface area (Å²) in [6, 6.07) is 0. The molecule has 2 atom stereocenters. The summed E-state index contributed by atoms with van der Waals surface area (Å²) in [7, 11) is 0. The van der Waals surface area contributed by atoms with E-state index in [1.807, 2.05) is 13.8 Å². The van der Waals surface area contributed by atoms with Gasteiger partial charge < -0.3 is 9.47 Å². The lowest BCUT2D eigenvalue weighted by Crippen LogP contribution is -2.30. The van der Waals surface area contributed by atoms with E-state index >= 15 is 0 Å². The van der Waals surface area contributed by atoms with Crippen LogP contribution >= 0.6 is 0 Å². The van der Waals surface area contributed by atoms with Crippen molar-refractivity contribution in [2.24, 2.45) is 17.8 Å². The maximum atomic E-state index is 12.4. The summed E-state index contributed by atoms with van der Waals surface area (Å²) in [5.41, 5.74) is 0. The first-order chi connectivity index (χ1) is 16.5. The first-order valence-electron chi connectivity index (χ1n) is 14.9. The van der Waals surface area contributed by atoms with Crippen molar-refractivity contribution >= 4 is 11.9 Å². The first kappa shape index (κ1) is 31.0. The summed E-state index contributed by atoms with van der Waals surface area (Å²) >= 11 is 0. The zero-order valence-electron chi connectivity index (χ0n) is 22.9. The van der Waals surface area contributed by atoms with Gasteiger partial charge in [-0.25, -0.2) is 0 Å². The third kappa shape index (κ3) is 16.5. The van der Waals surface area contributed by atoms with E-state index in [1.54, 1.807) is 0 Å². The topological polar surface area (TPSA) is 52.6 Å². The lowest BCUT2D eigenvalue weighted by Gasteiger charge is -2.26. The number of carbonyl (C=O) groups is 2. The second-order valence-electron chi connectivity index (χ2n) is 11.1. The van der Waals surface area contributed by atoms with Crippen LogP contribution in [-0.2, 0) is 19.1 Å². The van der Waals surface area contributed by atoms with Gasteiger partial charge in [0.1, 0.15) is 0 Å². The molecule has 0 aliphatic heterocycles. The molecule has 0 saturated heterocycles. The van der Waals surface area contributed by atoms with Gasteiger partial charge >= 0.3 is 11.9 Å². The van der Waals surface area contributed by atoms with Crippen LogP contribution in [0.2, 0.25) is 0 Å². The van der Waals surface area contributed by atoms with Crippen LogP contribution in [0.3, 0.4) is 0 Å². The Hall–Kier alpha value is -1.06. The SMILES string of the molecule is CCCCCCCCCCCCCCCCCCOC(=O)C1CCCC(C(=O)OCC(C)C)C1. The van der Waals surface area contributed by atoms with Crippen LogP contribution in [0.15, 0.2) is 0 Å². The molecule has 4 nitrogen and oxygen atoms in total. The minimum absolute atomic E-state index is 0.109. The predicted molar refractivity (Wildman–Crippen MR) is 142 cm³/mol. The summed E-state index contributed by atoms with van der Waals surface area (Å²) in [4.78, 5) is 24.6. The van der Waals surface area contributed by atoms with Gasteiger partial charge in [0, 0.05) is 0 Å². The third-order valence-corrected chi connectivity index (χ3v) is 7.14.